The van der Waals surface area contributed by atoms with Gasteiger partial charge >= 0.3 is 12.1 Å². The van der Waals surface area contributed by atoms with Crippen molar-refractivity contribution in [3.8, 4) is 11.1 Å². The highest BCUT2D eigenvalue weighted by molar-refractivity contribution is 5.87. The largest absolute Gasteiger partial charge is 0.481 e. The van der Waals surface area contributed by atoms with Gasteiger partial charge in [0, 0.05) is 12.5 Å². The third-order valence-corrected chi connectivity index (χ3v) is 7.13. The van der Waals surface area contributed by atoms with E-state index in [4.69, 9.17) is 4.74 Å². The second-order valence-corrected chi connectivity index (χ2v) is 9.50. The van der Waals surface area contributed by atoms with E-state index in [1.807, 2.05) is 24.3 Å². The minimum absolute atomic E-state index is 0.0517. The smallest absolute Gasteiger partial charge is 0.407 e. The second kappa shape index (κ2) is 8.54. The molecular weight excluding hydrogens is 420 g/mol. The number of carboxylic acid groups (broad SMARTS) is 1. The van der Waals surface area contributed by atoms with E-state index in [2.05, 4.69) is 34.9 Å². The van der Waals surface area contributed by atoms with E-state index in [9.17, 15) is 19.5 Å². The molecule has 172 valence electrons. The van der Waals surface area contributed by atoms with Gasteiger partial charge in [-0.3, -0.25) is 9.59 Å². The number of nitrogens with one attached hydrogen (secondary N) is 2. The third-order valence-electron chi connectivity index (χ3n) is 7.13. The maximum Gasteiger partial charge on any atom is 0.407 e. The number of carbonyl (C=O) groups is 3. The second-order valence-electron chi connectivity index (χ2n) is 9.50. The number of hydrogen-bond donors (Lipinski definition) is 3. The molecule has 2 aromatic rings. The average Bonchev–Trinajstić information content (AvgIpc) is 3.74. The summed E-state index contributed by atoms with van der Waals surface area (Å²) < 4.78 is 5.59. The lowest BCUT2D eigenvalue weighted by atomic mass is 9.98. The number of ether oxygens (including phenoxy) is 1. The molecule has 0 bridgehead atoms. The molecule has 0 aliphatic heterocycles. The molecule has 5 rings (SSSR count). The quantitative estimate of drug-likeness (QED) is 0.543. The van der Waals surface area contributed by atoms with Gasteiger partial charge in [0.25, 0.3) is 0 Å². The summed E-state index contributed by atoms with van der Waals surface area (Å²) in [5.41, 5.74) is 3.72. The number of benzene rings is 2. The van der Waals surface area contributed by atoms with E-state index >= 15 is 0 Å². The van der Waals surface area contributed by atoms with Crippen LogP contribution in [-0.2, 0) is 14.3 Å². The molecular formula is C26H28N2O5. The number of aliphatic carboxylic acids is 1. The fourth-order valence-electron chi connectivity index (χ4n) is 4.70. The summed E-state index contributed by atoms with van der Waals surface area (Å²) in [6.45, 7) is 0.272. The zero-order chi connectivity index (χ0) is 23.0. The van der Waals surface area contributed by atoms with Crippen LogP contribution in [0.5, 0.6) is 0 Å². The van der Waals surface area contributed by atoms with Gasteiger partial charge in [-0.2, -0.15) is 0 Å². The number of alkyl carbamates (subject to hydrolysis) is 1. The topological polar surface area (TPSA) is 105 Å². The van der Waals surface area contributed by atoms with Crippen molar-refractivity contribution in [3.63, 3.8) is 0 Å². The highest BCUT2D eigenvalue weighted by Crippen LogP contribution is 2.45. The third kappa shape index (κ3) is 4.45. The van der Waals surface area contributed by atoms with Crippen LogP contribution in [0.2, 0.25) is 0 Å². The van der Waals surface area contributed by atoms with Crippen molar-refractivity contribution in [2.75, 3.05) is 13.2 Å². The molecule has 2 fully saturated rings. The number of fused-ring (bicyclic) bond motifs is 3. The summed E-state index contributed by atoms with van der Waals surface area (Å²) in [6.07, 6.45) is 3.11. The van der Waals surface area contributed by atoms with Crippen LogP contribution in [0.1, 0.15) is 49.1 Å². The Bertz CT molecular complexity index is 1040. The van der Waals surface area contributed by atoms with Gasteiger partial charge in [0.2, 0.25) is 5.91 Å². The number of carboxylic acids is 1. The maximum atomic E-state index is 12.8. The summed E-state index contributed by atoms with van der Waals surface area (Å²) in [4.78, 5) is 36.8. The molecule has 3 N–H and O–H groups in total. The lowest BCUT2D eigenvalue weighted by Gasteiger charge is -2.20. The van der Waals surface area contributed by atoms with Crippen molar-refractivity contribution in [2.24, 2.45) is 11.3 Å². The Morgan fingerprint density at radius 1 is 1.00 bits per heavy atom. The lowest BCUT2D eigenvalue weighted by Crippen LogP contribution is -2.49. The van der Waals surface area contributed by atoms with Crippen LogP contribution in [0.25, 0.3) is 11.1 Å². The Labute approximate surface area is 192 Å². The standard InChI is InChI=1S/C26H28N2O5/c29-23(27-15-26(11-12-26)24(30)31)22(13-16-9-10-16)28-25(32)33-14-21-19-7-3-1-5-17(19)18-6-2-4-8-20(18)21/h1-8,16,21-22H,9-15H2,(H,27,29)(H,28,32)(H,30,31). The molecule has 7 heteroatoms. The molecule has 2 saturated carbocycles. The molecule has 0 radical (unpaired) electrons. The number of rotatable bonds is 9. The van der Waals surface area contributed by atoms with Gasteiger partial charge in [-0.15, -0.1) is 0 Å². The van der Waals surface area contributed by atoms with Crippen LogP contribution >= 0.6 is 0 Å². The van der Waals surface area contributed by atoms with Crippen LogP contribution in [0.4, 0.5) is 4.79 Å². The fourth-order valence-corrected chi connectivity index (χ4v) is 4.70. The molecule has 3 aliphatic carbocycles. The zero-order valence-electron chi connectivity index (χ0n) is 18.4. The highest BCUT2D eigenvalue weighted by atomic mass is 16.5. The summed E-state index contributed by atoms with van der Waals surface area (Å²) in [5, 5.41) is 14.8. The molecule has 33 heavy (non-hydrogen) atoms. The van der Waals surface area contributed by atoms with Gasteiger partial charge < -0.3 is 20.5 Å². The highest BCUT2D eigenvalue weighted by Gasteiger charge is 2.50. The Balaban J connectivity index is 1.21. The first-order chi connectivity index (χ1) is 16.0. The van der Waals surface area contributed by atoms with E-state index in [1.165, 1.54) is 0 Å². The van der Waals surface area contributed by atoms with Crippen LogP contribution in [0.15, 0.2) is 48.5 Å². The summed E-state index contributed by atoms with van der Waals surface area (Å²) in [5.74, 6) is -0.873. The molecule has 0 saturated heterocycles. The average molecular weight is 449 g/mol. The molecule has 3 aliphatic rings. The number of hydrogen-bond acceptors (Lipinski definition) is 4. The minimum atomic E-state index is -0.883. The van der Waals surface area contributed by atoms with Gasteiger partial charge in [0.05, 0.1) is 5.41 Å². The summed E-state index contributed by atoms with van der Waals surface area (Å²) >= 11 is 0. The lowest BCUT2D eigenvalue weighted by molar-refractivity contribution is -0.143. The van der Waals surface area contributed by atoms with Crippen LogP contribution in [-0.4, -0.2) is 42.3 Å². The first-order valence-corrected chi connectivity index (χ1v) is 11.6. The van der Waals surface area contributed by atoms with Crippen molar-refractivity contribution in [1.82, 2.24) is 10.6 Å². The molecule has 0 spiro atoms. The van der Waals surface area contributed by atoms with Crippen molar-refractivity contribution < 1.29 is 24.2 Å². The Kier molecular flexibility index (Phi) is 5.56. The Morgan fingerprint density at radius 2 is 1.61 bits per heavy atom. The Morgan fingerprint density at radius 3 is 2.15 bits per heavy atom. The molecule has 1 atom stereocenters. The van der Waals surface area contributed by atoms with Crippen LogP contribution < -0.4 is 10.6 Å². The van der Waals surface area contributed by atoms with Gasteiger partial charge in [0.1, 0.15) is 12.6 Å². The van der Waals surface area contributed by atoms with Crippen LogP contribution in [0, 0.1) is 11.3 Å². The van der Waals surface area contributed by atoms with Crippen molar-refractivity contribution in [1.29, 1.82) is 0 Å². The molecule has 0 aromatic heterocycles. The van der Waals surface area contributed by atoms with Crippen molar-refractivity contribution in [2.45, 2.75) is 44.1 Å². The van der Waals surface area contributed by atoms with Crippen LogP contribution in [0.3, 0.4) is 0 Å². The Hall–Kier alpha value is -3.35. The van der Waals surface area contributed by atoms with E-state index in [0.29, 0.717) is 25.2 Å². The van der Waals surface area contributed by atoms with Crippen molar-refractivity contribution >= 4 is 18.0 Å². The van der Waals surface area contributed by atoms with E-state index in [-0.39, 0.29) is 25.0 Å². The van der Waals surface area contributed by atoms with E-state index in [1.54, 1.807) is 0 Å². The van der Waals surface area contributed by atoms with Gasteiger partial charge in [-0.25, -0.2) is 4.79 Å². The monoisotopic (exact) mass is 448 g/mol. The predicted molar refractivity (Wildman–Crippen MR) is 122 cm³/mol. The van der Waals surface area contributed by atoms with E-state index in [0.717, 1.165) is 35.1 Å². The number of amides is 2. The minimum Gasteiger partial charge on any atom is -0.481 e. The molecule has 2 aromatic carbocycles. The van der Waals surface area contributed by atoms with Gasteiger partial charge in [-0.05, 0) is 47.4 Å². The first kappa shape index (κ1) is 21.5. The van der Waals surface area contributed by atoms with Crippen molar-refractivity contribution in [3.05, 3.63) is 59.7 Å². The zero-order valence-corrected chi connectivity index (χ0v) is 18.4. The number of carbonyl (C=O) groups excluding carboxylic acids is 2. The predicted octanol–water partition coefficient (Wildman–Crippen LogP) is 3.67. The van der Waals surface area contributed by atoms with E-state index < -0.39 is 23.5 Å². The van der Waals surface area contributed by atoms with Gasteiger partial charge in [-0.1, -0.05) is 61.4 Å². The molecule has 1 unspecified atom stereocenters. The molecule has 0 heterocycles. The fraction of sp³-hybridized carbons (Fsp3) is 0.423. The summed E-state index contributed by atoms with van der Waals surface area (Å²) in [6, 6.07) is 15.5. The summed E-state index contributed by atoms with van der Waals surface area (Å²) in [7, 11) is 0. The maximum absolute atomic E-state index is 12.8. The molecule has 2 amide bonds. The molecule has 7 nitrogen and oxygen atoms in total. The first-order valence-electron chi connectivity index (χ1n) is 11.6. The normalized spacial score (nSPS) is 18.5. The SMILES string of the molecule is O=C(NC(CC1CC1)C(=O)NCC1(C(=O)O)CC1)OCC1c2ccccc2-c2ccccc21. The van der Waals surface area contributed by atoms with Gasteiger partial charge in [0.15, 0.2) is 0 Å².